The van der Waals surface area contributed by atoms with E-state index in [0.29, 0.717) is 17.1 Å². The molecule has 0 spiro atoms. The number of benzene rings is 2. The maximum Gasteiger partial charge on any atom is 0.242 e. The summed E-state index contributed by atoms with van der Waals surface area (Å²) in [5.41, 5.74) is 2.52. The van der Waals surface area contributed by atoms with Gasteiger partial charge in [-0.3, -0.25) is 13.9 Å². The van der Waals surface area contributed by atoms with Crippen molar-refractivity contribution >= 4 is 39.1 Å². The van der Waals surface area contributed by atoms with Crippen LogP contribution in [-0.2, 0) is 32.6 Å². The SMILES string of the molecule is CCc1ccc(N(CCCC(=O)N(Cc2cccc(Cl)c2)C(C)C(=O)NC2CCCC2)S(C)(=O)=O)cc1. The standard InChI is InChI=1S/C28H38ClN3O4S/c1-4-22-14-16-26(17-15-22)32(37(3,35)36)18-8-13-27(33)31(20-23-9-7-10-24(29)19-23)21(2)28(34)30-25-11-5-6-12-25/h7,9-10,14-17,19,21,25H,4-6,8,11-13,18,20H2,1-3H3,(H,30,34). The first-order valence-corrected chi connectivity index (χ1v) is 15.2. The average Bonchev–Trinajstić information content (AvgIpc) is 3.37. The lowest BCUT2D eigenvalue weighted by Gasteiger charge is -2.30. The summed E-state index contributed by atoms with van der Waals surface area (Å²) in [4.78, 5) is 28.0. The Morgan fingerprint density at radius 1 is 1.08 bits per heavy atom. The van der Waals surface area contributed by atoms with E-state index in [1.165, 1.54) is 10.6 Å². The number of rotatable bonds is 12. The largest absolute Gasteiger partial charge is 0.352 e. The van der Waals surface area contributed by atoms with E-state index < -0.39 is 16.1 Å². The number of nitrogens with zero attached hydrogens (tertiary/aromatic N) is 2. The normalized spacial score (nSPS) is 14.8. The van der Waals surface area contributed by atoms with E-state index in [2.05, 4.69) is 5.32 Å². The third-order valence-corrected chi connectivity index (χ3v) is 8.32. The topological polar surface area (TPSA) is 86.8 Å². The van der Waals surface area contributed by atoms with Crippen LogP contribution in [-0.4, -0.2) is 50.0 Å². The molecule has 2 aromatic rings. The van der Waals surface area contributed by atoms with Gasteiger partial charge in [-0.1, -0.05) is 55.6 Å². The van der Waals surface area contributed by atoms with Crippen molar-refractivity contribution < 1.29 is 18.0 Å². The second-order valence-electron chi connectivity index (χ2n) is 9.78. The smallest absolute Gasteiger partial charge is 0.242 e. The van der Waals surface area contributed by atoms with E-state index in [-0.39, 0.29) is 37.4 Å². The monoisotopic (exact) mass is 547 g/mol. The lowest BCUT2D eigenvalue weighted by atomic mass is 10.1. The minimum absolute atomic E-state index is 0.112. The van der Waals surface area contributed by atoms with Crippen molar-refractivity contribution in [3.63, 3.8) is 0 Å². The Labute approximate surface area is 226 Å². The van der Waals surface area contributed by atoms with E-state index in [4.69, 9.17) is 11.6 Å². The van der Waals surface area contributed by atoms with Gasteiger partial charge in [-0.2, -0.15) is 0 Å². The molecule has 1 unspecified atom stereocenters. The summed E-state index contributed by atoms with van der Waals surface area (Å²) in [7, 11) is -3.52. The van der Waals surface area contributed by atoms with Crippen molar-refractivity contribution in [1.29, 1.82) is 0 Å². The van der Waals surface area contributed by atoms with Crippen LogP contribution < -0.4 is 9.62 Å². The van der Waals surface area contributed by atoms with Crippen molar-refractivity contribution in [1.82, 2.24) is 10.2 Å². The molecule has 0 aromatic heterocycles. The van der Waals surface area contributed by atoms with Crippen molar-refractivity contribution in [2.75, 3.05) is 17.1 Å². The van der Waals surface area contributed by atoms with Crippen LogP contribution in [0.15, 0.2) is 48.5 Å². The van der Waals surface area contributed by atoms with Crippen molar-refractivity contribution in [2.45, 2.75) is 77.4 Å². The lowest BCUT2D eigenvalue weighted by molar-refractivity contribution is -0.141. The summed E-state index contributed by atoms with van der Waals surface area (Å²) in [5.74, 6) is -0.375. The number of hydrogen-bond acceptors (Lipinski definition) is 4. The quantitative estimate of drug-likeness (QED) is 0.408. The molecule has 0 radical (unpaired) electrons. The maximum atomic E-state index is 13.4. The summed E-state index contributed by atoms with van der Waals surface area (Å²) < 4.78 is 26.3. The molecule has 37 heavy (non-hydrogen) atoms. The molecule has 1 N–H and O–H groups in total. The van der Waals surface area contributed by atoms with Gasteiger partial charge in [0.1, 0.15) is 6.04 Å². The Bertz CT molecular complexity index is 1160. The first-order valence-electron chi connectivity index (χ1n) is 13.0. The predicted molar refractivity (Wildman–Crippen MR) is 149 cm³/mol. The third kappa shape index (κ3) is 8.47. The van der Waals surface area contributed by atoms with Crippen LogP contribution in [0.5, 0.6) is 0 Å². The number of aryl methyl sites for hydroxylation is 1. The highest BCUT2D eigenvalue weighted by Crippen LogP contribution is 2.22. The molecule has 0 saturated heterocycles. The van der Waals surface area contributed by atoms with E-state index in [1.54, 1.807) is 36.1 Å². The molecule has 0 heterocycles. The van der Waals surface area contributed by atoms with Gasteiger partial charge in [0.05, 0.1) is 11.9 Å². The highest BCUT2D eigenvalue weighted by molar-refractivity contribution is 7.92. The van der Waals surface area contributed by atoms with Crippen molar-refractivity contribution in [3.05, 3.63) is 64.7 Å². The molecule has 0 aliphatic heterocycles. The summed E-state index contributed by atoms with van der Waals surface area (Å²) in [6.45, 7) is 4.20. The number of amides is 2. The molecular weight excluding hydrogens is 510 g/mol. The molecule has 1 fully saturated rings. The molecule has 2 amide bonds. The molecule has 7 nitrogen and oxygen atoms in total. The fraction of sp³-hybridized carbons (Fsp3) is 0.500. The van der Waals surface area contributed by atoms with Gasteiger partial charge in [-0.25, -0.2) is 8.42 Å². The lowest BCUT2D eigenvalue weighted by Crippen LogP contribution is -2.49. The van der Waals surface area contributed by atoms with Crippen LogP contribution in [0.3, 0.4) is 0 Å². The van der Waals surface area contributed by atoms with E-state index in [1.807, 2.05) is 31.2 Å². The Morgan fingerprint density at radius 3 is 2.35 bits per heavy atom. The zero-order valence-electron chi connectivity index (χ0n) is 22.0. The molecule has 1 aliphatic rings. The second-order valence-corrected chi connectivity index (χ2v) is 12.1. The molecule has 202 valence electrons. The van der Waals surface area contributed by atoms with E-state index >= 15 is 0 Å². The van der Waals surface area contributed by atoms with Gasteiger partial charge in [-0.05, 0) is 68.0 Å². The van der Waals surface area contributed by atoms with Gasteiger partial charge in [0.15, 0.2) is 0 Å². The highest BCUT2D eigenvalue weighted by atomic mass is 35.5. The molecule has 1 atom stereocenters. The first kappa shape index (κ1) is 29.0. The molecule has 2 aromatic carbocycles. The highest BCUT2D eigenvalue weighted by Gasteiger charge is 2.28. The van der Waals surface area contributed by atoms with Crippen molar-refractivity contribution in [3.8, 4) is 0 Å². The van der Waals surface area contributed by atoms with Crippen LogP contribution in [0.4, 0.5) is 5.69 Å². The third-order valence-electron chi connectivity index (χ3n) is 6.90. The minimum Gasteiger partial charge on any atom is -0.352 e. The fourth-order valence-corrected chi connectivity index (χ4v) is 5.89. The Morgan fingerprint density at radius 2 is 1.76 bits per heavy atom. The predicted octanol–water partition coefficient (Wildman–Crippen LogP) is 4.92. The Hall–Kier alpha value is -2.58. The minimum atomic E-state index is -3.52. The van der Waals surface area contributed by atoms with E-state index in [9.17, 15) is 18.0 Å². The molecule has 9 heteroatoms. The zero-order valence-corrected chi connectivity index (χ0v) is 23.5. The van der Waals surface area contributed by atoms with Gasteiger partial charge in [-0.15, -0.1) is 0 Å². The molecule has 3 rings (SSSR count). The van der Waals surface area contributed by atoms with Gasteiger partial charge >= 0.3 is 0 Å². The number of carbonyl (C=O) groups excluding carboxylic acids is 2. The van der Waals surface area contributed by atoms with Crippen LogP contribution in [0.25, 0.3) is 0 Å². The van der Waals surface area contributed by atoms with Crippen LogP contribution in [0, 0.1) is 0 Å². The number of anilines is 1. The van der Waals surface area contributed by atoms with E-state index in [0.717, 1.165) is 43.2 Å². The number of nitrogens with one attached hydrogen (secondary N) is 1. The molecule has 1 saturated carbocycles. The number of halogens is 1. The van der Waals surface area contributed by atoms with Gasteiger partial charge in [0.2, 0.25) is 21.8 Å². The van der Waals surface area contributed by atoms with Gasteiger partial charge in [0.25, 0.3) is 0 Å². The maximum absolute atomic E-state index is 13.4. The first-order chi connectivity index (χ1) is 17.6. The van der Waals surface area contributed by atoms with Gasteiger partial charge in [0, 0.05) is 30.6 Å². The zero-order chi connectivity index (χ0) is 27.0. The van der Waals surface area contributed by atoms with Gasteiger partial charge < -0.3 is 10.2 Å². The summed E-state index contributed by atoms with van der Waals surface area (Å²) in [5, 5.41) is 3.65. The molecule has 0 bridgehead atoms. The van der Waals surface area contributed by atoms with Crippen LogP contribution in [0.1, 0.15) is 63.5 Å². The van der Waals surface area contributed by atoms with Crippen LogP contribution in [0.2, 0.25) is 5.02 Å². The average molecular weight is 548 g/mol. The Balaban J connectivity index is 1.71. The summed E-state index contributed by atoms with van der Waals surface area (Å²) in [6, 6.07) is 14.1. The number of hydrogen-bond donors (Lipinski definition) is 1. The van der Waals surface area contributed by atoms with Crippen molar-refractivity contribution in [2.24, 2.45) is 0 Å². The summed E-state index contributed by atoms with van der Waals surface area (Å²) in [6.07, 6.45) is 6.59. The number of sulfonamides is 1. The molecular formula is C28H38ClN3O4S. The number of carbonyl (C=O) groups is 2. The second kappa shape index (κ2) is 13.3. The fourth-order valence-electron chi connectivity index (χ4n) is 4.71. The molecule has 1 aliphatic carbocycles. The Kier molecular flexibility index (Phi) is 10.4. The summed E-state index contributed by atoms with van der Waals surface area (Å²) >= 11 is 6.16. The van der Waals surface area contributed by atoms with Crippen LogP contribution >= 0.6 is 11.6 Å².